The lowest BCUT2D eigenvalue weighted by molar-refractivity contribution is 0.655. The Balaban J connectivity index is 1.44. The van der Waals surface area contributed by atoms with Crippen LogP contribution in [0.3, 0.4) is 0 Å². The predicted molar refractivity (Wildman–Crippen MR) is 165 cm³/mol. The minimum atomic E-state index is 0.0186. The molecule has 0 radical (unpaired) electrons. The number of hydrogen-bond acceptors (Lipinski definition) is 3. The predicted octanol–water partition coefficient (Wildman–Crippen LogP) is 7.36. The highest BCUT2D eigenvalue weighted by Crippen LogP contribution is 2.48. The monoisotopic (exact) mass is 514 g/mol. The Labute approximate surface area is 228 Å². The molecule has 5 heteroatoms. The van der Waals surface area contributed by atoms with Crippen LogP contribution in [0.15, 0.2) is 120 Å². The summed E-state index contributed by atoms with van der Waals surface area (Å²) in [7, 11) is 0. The third kappa shape index (κ3) is 2.36. The van der Waals surface area contributed by atoms with Crippen LogP contribution < -0.4 is 21.5 Å². The summed E-state index contributed by atoms with van der Waals surface area (Å²) in [5.74, 6) is 0. The number of fused-ring (bicyclic) bond motifs is 12. The van der Waals surface area contributed by atoms with Gasteiger partial charge in [-0.1, -0.05) is 72.8 Å². The first kappa shape index (κ1) is 20.3. The van der Waals surface area contributed by atoms with Gasteiger partial charge >= 0.3 is 0 Å². The van der Waals surface area contributed by atoms with Crippen LogP contribution in [0, 0.1) is 0 Å². The van der Waals surface area contributed by atoms with Crippen molar-refractivity contribution in [2.45, 2.75) is 0 Å². The van der Waals surface area contributed by atoms with Gasteiger partial charge in [-0.2, -0.15) is 0 Å². The second-order valence-electron chi connectivity index (χ2n) is 10.5. The zero-order valence-corrected chi connectivity index (χ0v) is 21.6. The van der Waals surface area contributed by atoms with Gasteiger partial charge in [0.25, 0.3) is 6.71 Å². The summed E-state index contributed by atoms with van der Waals surface area (Å²) in [5, 5.41) is 3.76. The topological polar surface area (TPSA) is 21.3 Å². The third-order valence-corrected chi connectivity index (χ3v) is 9.74. The quantitative estimate of drug-likeness (QED) is 0.214. The molecular weight excluding hydrogens is 495 g/mol. The van der Waals surface area contributed by atoms with E-state index in [-0.39, 0.29) is 6.71 Å². The van der Waals surface area contributed by atoms with Gasteiger partial charge in [0.2, 0.25) is 0 Å². The van der Waals surface area contributed by atoms with Crippen LogP contribution in [0.25, 0.3) is 47.9 Å². The van der Waals surface area contributed by atoms with Crippen LogP contribution in [0.2, 0.25) is 0 Å². The molecule has 2 aliphatic rings. The van der Waals surface area contributed by atoms with E-state index >= 15 is 0 Å². The average molecular weight is 514 g/mol. The minimum absolute atomic E-state index is 0.0186. The number of benzene rings is 5. The van der Waals surface area contributed by atoms with Crippen molar-refractivity contribution in [2.24, 2.45) is 0 Å². The fourth-order valence-electron chi connectivity index (χ4n) is 7.09. The van der Waals surface area contributed by atoms with Gasteiger partial charge in [-0.25, -0.2) is 0 Å². The number of aromatic nitrogens is 1. The van der Waals surface area contributed by atoms with Crippen LogP contribution in [-0.2, 0) is 0 Å². The molecule has 2 aliphatic heterocycles. The first-order chi connectivity index (χ1) is 19.4. The number of thiophene rings is 1. The van der Waals surface area contributed by atoms with Crippen molar-refractivity contribution < 1.29 is 4.42 Å². The van der Waals surface area contributed by atoms with E-state index in [1.54, 1.807) is 0 Å². The molecule has 3 aromatic heterocycles. The van der Waals surface area contributed by atoms with Gasteiger partial charge in [-0.3, -0.25) is 0 Å². The number of furan rings is 1. The smallest absolute Gasteiger partial charge is 0.297 e. The van der Waals surface area contributed by atoms with E-state index in [4.69, 9.17) is 4.42 Å². The maximum absolute atomic E-state index is 7.02. The Morgan fingerprint density at radius 1 is 0.641 bits per heavy atom. The van der Waals surface area contributed by atoms with Crippen LogP contribution in [-0.4, -0.2) is 11.3 Å². The fraction of sp³-hybridized carbons (Fsp3) is 0. The molecular formula is C34H19BN2OS. The minimum Gasteiger partial charge on any atom is -0.466 e. The van der Waals surface area contributed by atoms with Crippen molar-refractivity contribution in [2.75, 3.05) is 4.90 Å². The molecule has 0 saturated carbocycles. The second-order valence-corrected chi connectivity index (χ2v) is 11.5. The molecule has 180 valence electrons. The molecule has 5 aromatic carbocycles. The largest absolute Gasteiger partial charge is 0.466 e. The third-order valence-electron chi connectivity index (χ3n) is 8.58. The highest BCUT2D eigenvalue weighted by atomic mass is 32.1. The number of hydrogen-bond donors (Lipinski definition) is 0. The van der Waals surface area contributed by atoms with E-state index in [0.717, 1.165) is 16.9 Å². The summed E-state index contributed by atoms with van der Waals surface area (Å²) in [6.45, 7) is 0.0186. The highest BCUT2D eigenvalue weighted by molar-refractivity contribution is 7.26. The average Bonchev–Trinajstić information content (AvgIpc) is 3.65. The van der Waals surface area contributed by atoms with Crippen molar-refractivity contribution in [3.8, 4) is 5.69 Å². The molecule has 0 N–H and O–H groups in total. The number of anilines is 3. The molecule has 3 nitrogen and oxygen atoms in total. The molecule has 0 aliphatic carbocycles. The standard InChI is InChI=1S/C34H19BN2OS/c1-2-10-20(11-3-1)36-27-19-18-22-21-12-4-7-15-25(21)37-26-16-8-6-14-24(26)35(29(27)30(22)37)34-31(36)33-32(38-34)23-13-5-9-17-28(23)39-33/h1-19H. The van der Waals surface area contributed by atoms with E-state index in [2.05, 4.69) is 125 Å². The molecule has 0 atom stereocenters. The molecule has 0 fully saturated rings. The first-order valence-electron chi connectivity index (χ1n) is 13.3. The molecule has 10 rings (SSSR count). The molecule has 8 aromatic rings. The van der Waals surface area contributed by atoms with Gasteiger partial charge in [0.05, 0.1) is 21.4 Å². The molecule has 0 bridgehead atoms. The normalized spacial score (nSPS) is 13.5. The summed E-state index contributed by atoms with van der Waals surface area (Å²) in [5.41, 5.74) is 12.0. The Hall–Kier alpha value is -4.74. The Morgan fingerprint density at radius 3 is 2.33 bits per heavy atom. The van der Waals surface area contributed by atoms with Crippen molar-refractivity contribution in [3.05, 3.63) is 115 Å². The lowest BCUT2D eigenvalue weighted by atomic mass is 9.36. The van der Waals surface area contributed by atoms with Crippen LogP contribution in [0.4, 0.5) is 17.1 Å². The van der Waals surface area contributed by atoms with Gasteiger partial charge < -0.3 is 13.9 Å². The summed E-state index contributed by atoms with van der Waals surface area (Å²) in [4.78, 5) is 2.44. The van der Waals surface area contributed by atoms with E-state index in [0.29, 0.717) is 0 Å². The van der Waals surface area contributed by atoms with Gasteiger partial charge in [0, 0.05) is 37.9 Å². The van der Waals surface area contributed by atoms with Gasteiger partial charge in [0.15, 0.2) is 5.58 Å². The zero-order valence-electron chi connectivity index (χ0n) is 20.8. The Bertz CT molecular complexity index is 2310. The fourth-order valence-corrected chi connectivity index (χ4v) is 8.26. The van der Waals surface area contributed by atoms with Gasteiger partial charge in [-0.15, -0.1) is 11.3 Å². The van der Waals surface area contributed by atoms with Crippen LogP contribution in [0.5, 0.6) is 0 Å². The molecule has 39 heavy (non-hydrogen) atoms. The Morgan fingerprint density at radius 2 is 1.41 bits per heavy atom. The van der Waals surface area contributed by atoms with Crippen molar-refractivity contribution in [3.63, 3.8) is 0 Å². The summed E-state index contributed by atoms with van der Waals surface area (Å²) in [6, 6.07) is 41.7. The van der Waals surface area contributed by atoms with E-state index in [1.165, 1.54) is 64.6 Å². The van der Waals surface area contributed by atoms with E-state index in [1.807, 2.05) is 11.3 Å². The SMILES string of the molecule is c1ccc(N2c3ccc4c5ccccc5n5c4c3B(c3ccccc3-5)c3oc4c(sc5ccccc54)c32)cc1. The summed E-state index contributed by atoms with van der Waals surface area (Å²) in [6.07, 6.45) is 0. The lowest BCUT2D eigenvalue weighted by Crippen LogP contribution is -2.59. The van der Waals surface area contributed by atoms with E-state index < -0.39 is 0 Å². The lowest BCUT2D eigenvalue weighted by Gasteiger charge is -2.37. The van der Waals surface area contributed by atoms with Crippen molar-refractivity contribution in [1.29, 1.82) is 0 Å². The summed E-state index contributed by atoms with van der Waals surface area (Å²) < 4.78 is 12.0. The van der Waals surface area contributed by atoms with Crippen LogP contribution >= 0.6 is 11.3 Å². The van der Waals surface area contributed by atoms with E-state index in [9.17, 15) is 0 Å². The highest BCUT2D eigenvalue weighted by Gasteiger charge is 2.45. The summed E-state index contributed by atoms with van der Waals surface area (Å²) >= 11 is 1.83. The number of rotatable bonds is 1. The molecule has 5 heterocycles. The number of nitrogens with zero attached hydrogens (tertiary/aromatic N) is 2. The maximum Gasteiger partial charge on any atom is 0.297 e. The van der Waals surface area contributed by atoms with Crippen molar-refractivity contribution >= 4 is 93.9 Å². The Kier molecular flexibility index (Phi) is 3.64. The molecule has 0 saturated heterocycles. The first-order valence-corrected chi connectivity index (χ1v) is 14.1. The zero-order chi connectivity index (χ0) is 25.2. The van der Waals surface area contributed by atoms with Crippen molar-refractivity contribution in [1.82, 2.24) is 4.57 Å². The molecule has 0 amide bonds. The van der Waals surface area contributed by atoms with Gasteiger partial charge in [-0.05, 0) is 53.4 Å². The maximum atomic E-state index is 7.02. The molecule has 0 spiro atoms. The van der Waals surface area contributed by atoms with Gasteiger partial charge in [0.1, 0.15) is 5.66 Å². The van der Waals surface area contributed by atoms with Crippen LogP contribution in [0.1, 0.15) is 0 Å². The second kappa shape index (κ2) is 7.01. The molecule has 0 unspecified atom stereocenters. The number of para-hydroxylation sites is 3.